The summed E-state index contributed by atoms with van der Waals surface area (Å²) in [6.45, 7) is 10.5. The average Bonchev–Trinajstić information content (AvgIpc) is 3.70. The van der Waals surface area contributed by atoms with Crippen LogP contribution in [-0.4, -0.2) is 20.0 Å². The number of benzene rings is 3. The molecule has 3 aromatic carbocycles. The number of ether oxygens (including phenoxy) is 1. The van der Waals surface area contributed by atoms with Crippen molar-refractivity contribution in [2.75, 3.05) is 11.9 Å². The number of fused-ring (bicyclic) bond motifs is 8. The molecule has 1 N–H and O–H groups in total. The van der Waals surface area contributed by atoms with Crippen molar-refractivity contribution < 1.29 is 30.9 Å². The summed E-state index contributed by atoms with van der Waals surface area (Å²) >= 11 is 3.20. The van der Waals surface area contributed by atoms with Gasteiger partial charge in [0.2, 0.25) is 0 Å². The Bertz CT molecular complexity index is 2490. The van der Waals surface area contributed by atoms with E-state index in [4.69, 9.17) is 4.74 Å². The molecular weight excluding hydrogens is 664 g/mol. The van der Waals surface area contributed by atoms with Crippen molar-refractivity contribution in [1.82, 2.24) is 0 Å². The van der Waals surface area contributed by atoms with E-state index in [0.29, 0.717) is 0 Å². The minimum Gasteiger partial charge on any atom is -0.456 e. The van der Waals surface area contributed by atoms with E-state index in [1.165, 1.54) is 0 Å². The number of nitrogens with zero attached hydrogens (tertiary/aromatic N) is 1. The number of hydrogen-bond donors (Lipinski definition) is 1. The zero-order valence-electron chi connectivity index (χ0n) is 26.2. The van der Waals surface area contributed by atoms with Gasteiger partial charge in [0, 0.05) is 73.1 Å². The lowest BCUT2D eigenvalue weighted by Crippen LogP contribution is -2.40. The second-order valence-corrected chi connectivity index (χ2v) is 16.5. The molecule has 0 atom stereocenters. The van der Waals surface area contributed by atoms with E-state index in [-0.39, 0.29) is 44.9 Å². The van der Waals surface area contributed by atoms with E-state index in [1.807, 2.05) is 42.9 Å². The Morgan fingerprint density at radius 3 is 2.13 bits per heavy atom. The molecular formula is C36H28F3NO4S3. The molecule has 8 rings (SSSR count). The molecule has 0 spiro atoms. The van der Waals surface area contributed by atoms with E-state index < -0.39 is 38.0 Å². The van der Waals surface area contributed by atoms with Crippen molar-refractivity contribution in [3.05, 3.63) is 102 Å². The zero-order chi connectivity index (χ0) is 33.5. The normalized spacial score (nSPS) is 16.9. The van der Waals surface area contributed by atoms with Gasteiger partial charge in [-0.1, -0.05) is 19.4 Å². The molecule has 0 unspecified atom stereocenters. The van der Waals surface area contributed by atoms with Crippen molar-refractivity contribution in [3.8, 4) is 33.8 Å². The first-order chi connectivity index (χ1) is 22.0. The number of rotatable bonds is 2. The topological polar surface area (TPSA) is 66.8 Å². The van der Waals surface area contributed by atoms with Gasteiger partial charge < -0.3 is 9.64 Å². The molecule has 0 saturated heterocycles. The van der Waals surface area contributed by atoms with Gasteiger partial charge in [-0.25, -0.2) is 13.2 Å². The summed E-state index contributed by atoms with van der Waals surface area (Å²) in [6, 6.07) is 11.3. The van der Waals surface area contributed by atoms with Crippen molar-refractivity contribution in [2.24, 2.45) is 0 Å². The first-order valence-corrected chi connectivity index (χ1v) is 18.0. The van der Waals surface area contributed by atoms with Crippen LogP contribution in [0.25, 0.3) is 33.4 Å². The van der Waals surface area contributed by atoms with Gasteiger partial charge in [-0.3, -0.25) is 4.55 Å². The molecule has 0 fully saturated rings. The van der Waals surface area contributed by atoms with Gasteiger partial charge in [-0.05, 0) is 78.2 Å². The number of anilines is 1. The second-order valence-electron chi connectivity index (χ2n) is 13.3. The van der Waals surface area contributed by atoms with E-state index >= 15 is 13.2 Å². The lowest BCUT2D eigenvalue weighted by atomic mass is 9.74. The quantitative estimate of drug-likeness (QED) is 0.146. The molecule has 5 nitrogen and oxygen atoms in total. The first kappa shape index (κ1) is 30.4. The van der Waals surface area contributed by atoms with Crippen molar-refractivity contribution in [3.63, 3.8) is 0 Å². The van der Waals surface area contributed by atoms with Crippen LogP contribution < -0.4 is 20.1 Å². The molecule has 0 radical (unpaired) electrons. The highest BCUT2D eigenvalue weighted by atomic mass is 32.2. The highest BCUT2D eigenvalue weighted by molar-refractivity contribution is 7.86. The van der Waals surface area contributed by atoms with Crippen LogP contribution in [0.5, 0.6) is 11.5 Å². The maximum absolute atomic E-state index is 16.1. The summed E-state index contributed by atoms with van der Waals surface area (Å²) in [5.41, 5.74) is 3.89. The van der Waals surface area contributed by atoms with Gasteiger partial charge in [0.1, 0.15) is 22.2 Å². The summed E-state index contributed by atoms with van der Waals surface area (Å²) in [5, 5.41) is 5.10. The van der Waals surface area contributed by atoms with E-state index in [2.05, 4.69) is 32.6 Å². The van der Waals surface area contributed by atoms with Crippen LogP contribution in [0, 0.1) is 17.5 Å². The molecule has 11 heteroatoms. The van der Waals surface area contributed by atoms with Crippen LogP contribution in [0.4, 0.5) is 18.9 Å². The SMILES string of the molecule is CC1=c2cc3c(cc2-c2ccsc2C1(C)C)=C(c1c(F)c(F)cc(F)c1S(=O)(=O)O)c1cc2c(cc1O3)N(C)C(C)(C)c1sccc1-2. The molecule has 2 aliphatic heterocycles. The fourth-order valence-corrected chi connectivity index (χ4v) is 10.2. The van der Waals surface area contributed by atoms with Crippen LogP contribution in [0.1, 0.15) is 55.5 Å². The van der Waals surface area contributed by atoms with Crippen molar-refractivity contribution in [1.29, 1.82) is 0 Å². The van der Waals surface area contributed by atoms with Crippen molar-refractivity contribution in [2.45, 2.75) is 50.5 Å². The summed E-state index contributed by atoms with van der Waals surface area (Å²) in [5.74, 6) is -4.28. The van der Waals surface area contributed by atoms with Gasteiger partial charge in [-0.15, -0.1) is 22.7 Å². The Morgan fingerprint density at radius 2 is 1.45 bits per heavy atom. The predicted molar refractivity (Wildman–Crippen MR) is 180 cm³/mol. The van der Waals surface area contributed by atoms with Crippen LogP contribution in [0.3, 0.4) is 0 Å². The Balaban J connectivity index is 1.58. The Labute approximate surface area is 277 Å². The van der Waals surface area contributed by atoms with E-state index in [1.54, 1.807) is 40.9 Å². The maximum Gasteiger partial charge on any atom is 0.298 e. The molecule has 240 valence electrons. The minimum atomic E-state index is -5.37. The third kappa shape index (κ3) is 4.00. The second kappa shape index (κ2) is 9.59. The smallest absolute Gasteiger partial charge is 0.298 e. The van der Waals surface area contributed by atoms with Crippen LogP contribution in [0.2, 0.25) is 0 Å². The number of halogens is 3. The largest absolute Gasteiger partial charge is 0.456 e. The Morgan fingerprint density at radius 1 is 0.787 bits per heavy atom. The van der Waals surface area contributed by atoms with Gasteiger partial charge in [0.25, 0.3) is 10.1 Å². The standard InChI is InChI=1S/C36H28F3NO4S3/c1-16-19-13-27-22(11-20(19)17-7-9-45-33(17)35(16,2)3)29(30-31(39)24(37)14-25(38)32(30)47(41,42)43)23-12-21-18-8-10-46-34(18)36(4,5)40(6)26(21)15-28(23)44-27/h7-15H,1-6H3,(H,41,42,43). The monoisotopic (exact) mass is 691 g/mol. The fraction of sp³-hybridized carbons (Fsp3) is 0.222. The Kier molecular flexibility index (Phi) is 6.21. The lowest BCUT2D eigenvalue weighted by molar-refractivity contribution is 0.453. The number of hydrogen-bond acceptors (Lipinski definition) is 6. The maximum atomic E-state index is 16.1. The predicted octanol–water partition coefficient (Wildman–Crippen LogP) is 8.31. The first-order valence-electron chi connectivity index (χ1n) is 14.9. The molecule has 4 heterocycles. The molecule has 1 aliphatic carbocycles. The zero-order valence-corrected chi connectivity index (χ0v) is 28.6. The molecule has 3 aliphatic rings. The summed E-state index contributed by atoms with van der Waals surface area (Å²) in [7, 11) is -3.41. The number of thiophene rings is 2. The average molecular weight is 692 g/mol. The van der Waals surface area contributed by atoms with Crippen LogP contribution in [-0.2, 0) is 21.1 Å². The van der Waals surface area contributed by atoms with E-state index in [9.17, 15) is 13.0 Å². The summed E-state index contributed by atoms with van der Waals surface area (Å²) < 4.78 is 89.0. The summed E-state index contributed by atoms with van der Waals surface area (Å²) in [4.78, 5) is 2.97. The lowest BCUT2D eigenvalue weighted by Gasteiger charge is -2.43. The van der Waals surface area contributed by atoms with Crippen LogP contribution >= 0.6 is 22.7 Å². The highest BCUT2D eigenvalue weighted by Gasteiger charge is 2.40. The molecule has 0 amide bonds. The fourth-order valence-electron chi connectivity index (χ4n) is 7.28. The molecule has 5 aromatic rings. The third-order valence-electron chi connectivity index (χ3n) is 10.2. The Hall–Kier alpha value is -3.90. The third-order valence-corrected chi connectivity index (χ3v) is 13.6. The molecule has 0 bridgehead atoms. The highest BCUT2D eigenvalue weighted by Crippen LogP contribution is 2.53. The molecule has 2 aromatic heterocycles. The molecule has 0 saturated carbocycles. The van der Waals surface area contributed by atoms with Crippen LogP contribution in [0.15, 0.2) is 58.1 Å². The summed E-state index contributed by atoms with van der Waals surface area (Å²) in [6.07, 6.45) is 0. The minimum absolute atomic E-state index is 0.0982. The van der Waals surface area contributed by atoms with Gasteiger partial charge >= 0.3 is 0 Å². The van der Waals surface area contributed by atoms with Crippen molar-refractivity contribution >= 4 is 49.6 Å². The van der Waals surface area contributed by atoms with Gasteiger partial charge in [0.05, 0.1) is 5.54 Å². The van der Waals surface area contributed by atoms with Gasteiger partial charge in [0.15, 0.2) is 11.6 Å². The van der Waals surface area contributed by atoms with Gasteiger partial charge in [-0.2, -0.15) is 8.42 Å². The van der Waals surface area contributed by atoms with E-state index in [0.717, 1.165) is 48.5 Å². The molecule has 47 heavy (non-hydrogen) atoms.